The zero-order chi connectivity index (χ0) is 10.3. The zero-order valence-electron chi connectivity index (χ0n) is 9.29. The molecule has 0 aromatic rings. The Kier molecular flexibility index (Phi) is 2.40. The lowest BCUT2D eigenvalue weighted by molar-refractivity contribution is -0.117. The molecule has 0 radical (unpaired) electrons. The normalized spacial score (nSPS) is 35.8. The van der Waals surface area contributed by atoms with E-state index in [-0.39, 0.29) is 16.7 Å². The molecule has 1 rings (SSSR count). The summed E-state index contributed by atoms with van der Waals surface area (Å²) in [5, 5.41) is 0. The van der Waals surface area contributed by atoms with Crippen molar-refractivity contribution in [1.82, 2.24) is 0 Å². The highest BCUT2D eigenvalue weighted by Crippen LogP contribution is 2.46. The molecule has 2 atom stereocenters. The van der Waals surface area contributed by atoms with Crippen molar-refractivity contribution in [2.75, 3.05) is 0 Å². The first-order valence-electron chi connectivity index (χ1n) is 4.97. The first kappa shape index (κ1) is 10.5. The molecule has 0 aliphatic heterocycles. The summed E-state index contributed by atoms with van der Waals surface area (Å²) in [6.07, 6.45) is 5.56. The van der Waals surface area contributed by atoms with Crippen LogP contribution in [-0.4, -0.2) is 6.29 Å². The highest BCUT2D eigenvalue weighted by atomic mass is 16.1. The Bertz CT molecular complexity index is 236. The molecule has 0 aromatic heterocycles. The van der Waals surface area contributed by atoms with Crippen molar-refractivity contribution in [3.8, 4) is 0 Å². The molecule has 1 heteroatoms. The van der Waals surface area contributed by atoms with Crippen molar-refractivity contribution in [1.29, 1.82) is 0 Å². The predicted molar refractivity (Wildman–Crippen MR) is 55.4 cm³/mol. The van der Waals surface area contributed by atoms with Crippen LogP contribution in [0.25, 0.3) is 0 Å². The van der Waals surface area contributed by atoms with E-state index in [0.29, 0.717) is 5.92 Å². The van der Waals surface area contributed by atoms with Crippen molar-refractivity contribution >= 4 is 6.29 Å². The molecular weight excluding hydrogens is 160 g/mol. The quantitative estimate of drug-likeness (QED) is 0.448. The minimum atomic E-state index is 0.0245. The van der Waals surface area contributed by atoms with Gasteiger partial charge in [0.1, 0.15) is 6.29 Å². The Hall–Kier alpha value is -0.590. The van der Waals surface area contributed by atoms with Gasteiger partial charge in [-0.2, -0.15) is 0 Å². The summed E-state index contributed by atoms with van der Waals surface area (Å²) in [6.45, 7) is 10.8. The highest BCUT2D eigenvalue weighted by Gasteiger charge is 2.41. The van der Waals surface area contributed by atoms with Gasteiger partial charge in [-0.05, 0) is 16.7 Å². The summed E-state index contributed by atoms with van der Waals surface area (Å²) in [5.74, 6) is 0.567. The Labute approximate surface area is 81.2 Å². The van der Waals surface area contributed by atoms with E-state index >= 15 is 0 Å². The van der Waals surface area contributed by atoms with Crippen molar-refractivity contribution < 1.29 is 4.79 Å². The number of aldehydes is 1. The first-order valence-corrected chi connectivity index (χ1v) is 4.97. The lowest BCUT2D eigenvalue weighted by Crippen LogP contribution is -2.40. The van der Waals surface area contributed by atoms with Gasteiger partial charge in [0.15, 0.2) is 0 Å². The number of hydrogen-bond acceptors (Lipinski definition) is 1. The maximum atomic E-state index is 11.0. The molecule has 2 unspecified atom stereocenters. The molecule has 1 aliphatic rings. The van der Waals surface area contributed by atoms with Crippen LogP contribution in [0, 0.1) is 22.7 Å². The summed E-state index contributed by atoms with van der Waals surface area (Å²) < 4.78 is 0. The Morgan fingerprint density at radius 3 is 1.92 bits per heavy atom. The molecule has 1 aliphatic carbocycles. The molecule has 0 heterocycles. The van der Waals surface area contributed by atoms with Crippen molar-refractivity contribution in [2.24, 2.45) is 22.7 Å². The van der Waals surface area contributed by atoms with Gasteiger partial charge in [0.25, 0.3) is 0 Å². The van der Waals surface area contributed by atoms with Gasteiger partial charge in [-0.1, -0.05) is 46.8 Å². The molecule has 0 fully saturated rings. The standard InChI is InChI=1S/C12H20O/c1-9-10(8-13)12(4,5)7-6-11(9,2)3/h6-10H,1-5H3. The van der Waals surface area contributed by atoms with Crippen molar-refractivity contribution in [3.05, 3.63) is 12.2 Å². The second-order valence-electron chi connectivity index (χ2n) is 5.43. The van der Waals surface area contributed by atoms with Crippen LogP contribution < -0.4 is 0 Å². The first-order chi connectivity index (χ1) is 5.81. The highest BCUT2D eigenvalue weighted by molar-refractivity contribution is 5.57. The Balaban J connectivity index is 3.08. The average Bonchev–Trinajstić information content (AvgIpc) is 2.00. The number of allylic oxidation sites excluding steroid dienone is 2. The summed E-state index contributed by atoms with van der Waals surface area (Å²) in [7, 11) is 0. The van der Waals surface area contributed by atoms with E-state index in [0.717, 1.165) is 6.29 Å². The molecule has 0 N–H and O–H groups in total. The molecule has 0 bridgehead atoms. The van der Waals surface area contributed by atoms with Crippen LogP contribution in [-0.2, 0) is 4.79 Å². The van der Waals surface area contributed by atoms with E-state index in [2.05, 4.69) is 46.8 Å². The third-order valence-corrected chi connectivity index (χ3v) is 3.66. The SMILES string of the molecule is CC1C(C=O)C(C)(C)C=CC1(C)C. The van der Waals surface area contributed by atoms with Gasteiger partial charge in [0.2, 0.25) is 0 Å². The molecule has 0 aromatic carbocycles. The maximum Gasteiger partial charge on any atom is 0.124 e. The van der Waals surface area contributed by atoms with E-state index in [1.807, 2.05) is 0 Å². The summed E-state index contributed by atoms with van der Waals surface area (Å²) in [4.78, 5) is 11.0. The van der Waals surface area contributed by atoms with Crippen LogP contribution in [0.4, 0.5) is 0 Å². The maximum absolute atomic E-state index is 11.0. The van der Waals surface area contributed by atoms with E-state index in [1.54, 1.807) is 0 Å². The minimum Gasteiger partial charge on any atom is -0.303 e. The lowest BCUT2D eigenvalue weighted by Gasteiger charge is -2.44. The third-order valence-electron chi connectivity index (χ3n) is 3.66. The van der Waals surface area contributed by atoms with Crippen molar-refractivity contribution in [2.45, 2.75) is 34.6 Å². The predicted octanol–water partition coefficient (Wildman–Crippen LogP) is 3.06. The zero-order valence-corrected chi connectivity index (χ0v) is 9.29. The molecule has 13 heavy (non-hydrogen) atoms. The van der Waals surface area contributed by atoms with E-state index < -0.39 is 0 Å². The van der Waals surface area contributed by atoms with Crippen molar-refractivity contribution in [3.63, 3.8) is 0 Å². The smallest absolute Gasteiger partial charge is 0.124 e. The molecule has 0 spiro atoms. The number of carbonyl (C=O) groups excluding carboxylic acids is 1. The van der Waals surface area contributed by atoms with Crippen LogP contribution in [0.15, 0.2) is 12.2 Å². The number of rotatable bonds is 1. The topological polar surface area (TPSA) is 17.1 Å². The largest absolute Gasteiger partial charge is 0.303 e. The van der Waals surface area contributed by atoms with Crippen LogP contribution in [0.2, 0.25) is 0 Å². The molecule has 0 amide bonds. The molecule has 74 valence electrons. The van der Waals surface area contributed by atoms with E-state index in [4.69, 9.17) is 0 Å². The summed E-state index contributed by atoms with van der Waals surface area (Å²) in [6, 6.07) is 0. The number of hydrogen-bond donors (Lipinski definition) is 0. The molecule has 0 saturated carbocycles. The molecular formula is C12H20O. The average molecular weight is 180 g/mol. The Morgan fingerprint density at radius 1 is 1.08 bits per heavy atom. The van der Waals surface area contributed by atoms with Gasteiger partial charge in [-0.15, -0.1) is 0 Å². The van der Waals surface area contributed by atoms with Gasteiger partial charge < -0.3 is 4.79 Å². The van der Waals surface area contributed by atoms with Gasteiger partial charge >= 0.3 is 0 Å². The van der Waals surface area contributed by atoms with Crippen LogP contribution >= 0.6 is 0 Å². The van der Waals surface area contributed by atoms with Crippen LogP contribution in [0.3, 0.4) is 0 Å². The lowest BCUT2D eigenvalue weighted by atomic mass is 9.60. The monoisotopic (exact) mass is 180 g/mol. The van der Waals surface area contributed by atoms with Gasteiger partial charge in [-0.25, -0.2) is 0 Å². The van der Waals surface area contributed by atoms with Gasteiger partial charge in [-0.3, -0.25) is 0 Å². The summed E-state index contributed by atoms with van der Waals surface area (Å²) in [5.41, 5.74) is 0.178. The van der Waals surface area contributed by atoms with Gasteiger partial charge in [0.05, 0.1) is 0 Å². The third kappa shape index (κ3) is 1.70. The molecule has 0 saturated heterocycles. The summed E-state index contributed by atoms with van der Waals surface area (Å²) >= 11 is 0. The fraction of sp³-hybridized carbons (Fsp3) is 0.750. The minimum absolute atomic E-state index is 0.0245. The van der Waals surface area contributed by atoms with E-state index in [1.165, 1.54) is 0 Å². The fourth-order valence-corrected chi connectivity index (χ4v) is 2.09. The second-order valence-corrected chi connectivity index (χ2v) is 5.43. The fourth-order valence-electron chi connectivity index (χ4n) is 2.09. The second kappa shape index (κ2) is 2.97. The van der Waals surface area contributed by atoms with Crippen LogP contribution in [0.5, 0.6) is 0 Å². The number of carbonyl (C=O) groups is 1. The molecule has 1 nitrogen and oxygen atoms in total. The Morgan fingerprint density at radius 2 is 1.54 bits per heavy atom. The van der Waals surface area contributed by atoms with E-state index in [9.17, 15) is 4.79 Å². The van der Waals surface area contributed by atoms with Crippen LogP contribution in [0.1, 0.15) is 34.6 Å². The van der Waals surface area contributed by atoms with Gasteiger partial charge in [0, 0.05) is 5.92 Å².